The SMILES string of the molecule is CCCCCCn1c(CCNC(=O)Cc2ccc(Cl)cc2)nc2ccccc21. The van der Waals surface area contributed by atoms with Gasteiger partial charge in [0.1, 0.15) is 5.82 Å². The van der Waals surface area contributed by atoms with Gasteiger partial charge in [0.15, 0.2) is 0 Å². The summed E-state index contributed by atoms with van der Waals surface area (Å²) in [7, 11) is 0. The molecule has 0 radical (unpaired) electrons. The van der Waals surface area contributed by atoms with E-state index in [0.717, 1.165) is 36.3 Å². The number of fused-ring (bicyclic) bond motifs is 1. The van der Waals surface area contributed by atoms with Gasteiger partial charge >= 0.3 is 0 Å². The highest BCUT2D eigenvalue weighted by Crippen LogP contribution is 2.18. The Bertz CT molecular complexity index is 902. The molecule has 148 valence electrons. The van der Waals surface area contributed by atoms with Crippen LogP contribution in [0.4, 0.5) is 0 Å². The monoisotopic (exact) mass is 397 g/mol. The van der Waals surface area contributed by atoms with Crippen LogP contribution in [0.3, 0.4) is 0 Å². The van der Waals surface area contributed by atoms with E-state index in [1.54, 1.807) is 0 Å². The van der Waals surface area contributed by atoms with Crippen molar-refractivity contribution in [1.29, 1.82) is 0 Å². The van der Waals surface area contributed by atoms with Gasteiger partial charge in [0, 0.05) is 24.5 Å². The molecule has 28 heavy (non-hydrogen) atoms. The number of unbranched alkanes of at least 4 members (excludes halogenated alkanes) is 3. The Balaban J connectivity index is 1.58. The van der Waals surface area contributed by atoms with Crippen molar-refractivity contribution >= 4 is 28.5 Å². The van der Waals surface area contributed by atoms with E-state index in [-0.39, 0.29) is 5.91 Å². The van der Waals surface area contributed by atoms with Crippen LogP contribution < -0.4 is 5.32 Å². The van der Waals surface area contributed by atoms with Gasteiger partial charge in [-0.25, -0.2) is 4.98 Å². The van der Waals surface area contributed by atoms with Crippen molar-refractivity contribution in [3.05, 3.63) is 64.9 Å². The molecule has 1 N–H and O–H groups in total. The van der Waals surface area contributed by atoms with Crippen molar-refractivity contribution in [2.75, 3.05) is 6.54 Å². The van der Waals surface area contributed by atoms with Crippen LogP contribution in [0.25, 0.3) is 11.0 Å². The van der Waals surface area contributed by atoms with E-state index in [4.69, 9.17) is 16.6 Å². The van der Waals surface area contributed by atoms with Gasteiger partial charge in [-0.2, -0.15) is 0 Å². The van der Waals surface area contributed by atoms with Crippen LogP contribution in [-0.4, -0.2) is 22.0 Å². The van der Waals surface area contributed by atoms with Crippen molar-refractivity contribution in [2.24, 2.45) is 0 Å². The summed E-state index contributed by atoms with van der Waals surface area (Å²) >= 11 is 5.89. The largest absolute Gasteiger partial charge is 0.355 e. The van der Waals surface area contributed by atoms with Gasteiger partial charge in [0.05, 0.1) is 17.5 Å². The van der Waals surface area contributed by atoms with Crippen LogP contribution in [-0.2, 0) is 24.2 Å². The van der Waals surface area contributed by atoms with Crippen LogP contribution in [0.5, 0.6) is 0 Å². The first-order valence-corrected chi connectivity index (χ1v) is 10.5. The van der Waals surface area contributed by atoms with Gasteiger partial charge in [-0.15, -0.1) is 0 Å². The number of para-hydroxylation sites is 2. The third-order valence-corrected chi connectivity index (χ3v) is 5.17. The molecule has 0 aliphatic carbocycles. The van der Waals surface area contributed by atoms with Gasteiger partial charge in [-0.3, -0.25) is 4.79 Å². The molecular formula is C23H28ClN3O. The normalized spacial score (nSPS) is 11.1. The molecule has 0 saturated heterocycles. The number of benzene rings is 2. The summed E-state index contributed by atoms with van der Waals surface area (Å²) in [5.74, 6) is 1.07. The first-order valence-electron chi connectivity index (χ1n) is 10.1. The number of halogens is 1. The molecule has 4 nitrogen and oxygen atoms in total. The van der Waals surface area contributed by atoms with Gasteiger partial charge < -0.3 is 9.88 Å². The number of carbonyl (C=O) groups excluding carboxylic acids is 1. The lowest BCUT2D eigenvalue weighted by molar-refractivity contribution is -0.120. The number of hydrogen-bond donors (Lipinski definition) is 1. The van der Waals surface area contributed by atoms with E-state index < -0.39 is 0 Å². The fourth-order valence-electron chi connectivity index (χ4n) is 3.43. The average molecular weight is 398 g/mol. The van der Waals surface area contributed by atoms with E-state index in [9.17, 15) is 4.79 Å². The lowest BCUT2D eigenvalue weighted by atomic mass is 10.1. The van der Waals surface area contributed by atoms with E-state index >= 15 is 0 Å². The first-order chi connectivity index (χ1) is 13.7. The molecule has 0 aliphatic heterocycles. The van der Waals surface area contributed by atoms with E-state index in [1.165, 1.54) is 24.8 Å². The molecule has 1 heterocycles. The van der Waals surface area contributed by atoms with Gasteiger partial charge in [0.2, 0.25) is 5.91 Å². The number of carbonyl (C=O) groups is 1. The maximum atomic E-state index is 12.2. The minimum atomic E-state index is 0.0212. The van der Waals surface area contributed by atoms with E-state index in [2.05, 4.69) is 35.0 Å². The Hall–Kier alpha value is -2.33. The topological polar surface area (TPSA) is 46.9 Å². The summed E-state index contributed by atoms with van der Waals surface area (Å²) < 4.78 is 2.32. The highest BCUT2D eigenvalue weighted by molar-refractivity contribution is 6.30. The van der Waals surface area contributed by atoms with Crippen molar-refractivity contribution in [3.8, 4) is 0 Å². The van der Waals surface area contributed by atoms with E-state index in [1.807, 2.05) is 30.3 Å². The Morgan fingerprint density at radius 3 is 2.64 bits per heavy atom. The van der Waals surface area contributed by atoms with Gasteiger partial charge in [-0.05, 0) is 36.2 Å². The summed E-state index contributed by atoms with van der Waals surface area (Å²) in [5.41, 5.74) is 3.17. The molecule has 0 bridgehead atoms. The molecule has 3 rings (SSSR count). The lowest BCUT2D eigenvalue weighted by Crippen LogP contribution is -2.28. The maximum absolute atomic E-state index is 12.2. The first kappa shape index (κ1) is 20.4. The van der Waals surface area contributed by atoms with Crippen LogP contribution in [0.2, 0.25) is 5.02 Å². The molecule has 2 aromatic carbocycles. The van der Waals surface area contributed by atoms with E-state index in [0.29, 0.717) is 18.0 Å². The molecule has 0 atom stereocenters. The second kappa shape index (κ2) is 10.3. The van der Waals surface area contributed by atoms with Crippen LogP contribution in [0.15, 0.2) is 48.5 Å². The number of imidazole rings is 1. The van der Waals surface area contributed by atoms with Crippen molar-refractivity contribution in [3.63, 3.8) is 0 Å². The molecule has 1 amide bonds. The summed E-state index contributed by atoms with van der Waals surface area (Å²) in [6.45, 7) is 3.80. The molecular weight excluding hydrogens is 370 g/mol. The van der Waals surface area contributed by atoms with Crippen molar-refractivity contribution in [2.45, 2.75) is 52.0 Å². The minimum Gasteiger partial charge on any atom is -0.355 e. The molecule has 0 spiro atoms. The maximum Gasteiger partial charge on any atom is 0.224 e. The Kier molecular flexibility index (Phi) is 7.49. The van der Waals surface area contributed by atoms with Crippen LogP contribution >= 0.6 is 11.6 Å². The zero-order valence-electron chi connectivity index (χ0n) is 16.5. The number of rotatable bonds is 10. The number of nitrogens with one attached hydrogen (secondary N) is 1. The Morgan fingerprint density at radius 1 is 1.07 bits per heavy atom. The fourth-order valence-corrected chi connectivity index (χ4v) is 3.55. The molecule has 0 fully saturated rings. The van der Waals surface area contributed by atoms with Gasteiger partial charge in [-0.1, -0.05) is 62.1 Å². The fraction of sp³-hybridized carbons (Fsp3) is 0.391. The Labute approximate surface area is 171 Å². The van der Waals surface area contributed by atoms with Crippen LogP contribution in [0.1, 0.15) is 44.0 Å². The zero-order valence-corrected chi connectivity index (χ0v) is 17.2. The standard InChI is InChI=1S/C23H28ClN3O/c1-2-3-4-7-16-27-21-9-6-5-8-20(21)26-22(27)14-15-25-23(28)17-18-10-12-19(24)13-11-18/h5-6,8-13H,2-4,7,14-17H2,1H3,(H,25,28). The lowest BCUT2D eigenvalue weighted by Gasteiger charge is -2.10. The minimum absolute atomic E-state index is 0.0212. The number of aryl methyl sites for hydroxylation is 1. The average Bonchev–Trinajstić information content (AvgIpc) is 3.04. The zero-order chi connectivity index (χ0) is 19.8. The Morgan fingerprint density at radius 2 is 1.86 bits per heavy atom. The predicted octanol–water partition coefficient (Wildman–Crippen LogP) is 5.17. The van der Waals surface area contributed by atoms with Crippen LogP contribution in [0, 0.1) is 0 Å². The molecule has 0 saturated carbocycles. The quantitative estimate of drug-likeness (QED) is 0.479. The second-order valence-corrected chi connectivity index (χ2v) is 7.57. The highest BCUT2D eigenvalue weighted by atomic mass is 35.5. The summed E-state index contributed by atoms with van der Waals surface area (Å²) in [4.78, 5) is 17.0. The summed E-state index contributed by atoms with van der Waals surface area (Å²) in [6, 6.07) is 15.7. The van der Waals surface area contributed by atoms with Gasteiger partial charge in [0.25, 0.3) is 0 Å². The third-order valence-electron chi connectivity index (χ3n) is 4.92. The molecule has 1 aromatic heterocycles. The van der Waals surface area contributed by atoms with Crippen molar-refractivity contribution < 1.29 is 4.79 Å². The molecule has 0 aliphatic rings. The number of amides is 1. The molecule has 3 aromatic rings. The number of aromatic nitrogens is 2. The third kappa shape index (κ3) is 5.59. The molecule has 0 unspecified atom stereocenters. The summed E-state index contributed by atoms with van der Waals surface area (Å²) in [6.07, 6.45) is 5.99. The van der Waals surface area contributed by atoms with Crippen molar-refractivity contribution in [1.82, 2.24) is 14.9 Å². The number of nitrogens with zero attached hydrogens (tertiary/aromatic N) is 2. The highest BCUT2D eigenvalue weighted by Gasteiger charge is 2.11. The number of hydrogen-bond acceptors (Lipinski definition) is 2. The molecule has 5 heteroatoms. The smallest absolute Gasteiger partial charge is 0.224 e. The summed E-state index contributed by atoms with van der Waals surface area (Å²) in [5, 5.41) is 3.70. The predicted molar refractivity (Wildman–Crippen MR) is 116 cm³/mol. The second-order valence-electron chi connectivity index (χ2n) is 7.13.